The Balaban J connectivity index is 1.68. The van der Waals surface area contributed by atoms with Crippen LogP contribution < -0.4 is 5.32 Å². The van der Waals surface area contributed by atoms with Gasteiger partial charge in [-0.3, -0.25) is 0 Å². The molecule has 114 valence electrons. The molecule has 4 saturated carbocycles. The summed E-state index contributed by atoms with van der Waals surface area (Å²) in [7, 11) is 0. The minimum absolute atomic E-state index is 0.215. The molecule has 4 heteroatoms. The number of rotatable bonds is 2. The first kappa shape index (κ1) is 13.8. The number of nitrogens with zero attached hydrogens (tertiary/aromatic N) is 2. The summed E-state index contributed by atoms with van der Waals surface area (Å²) in [5, 5.41) is 4.13. The predicted molar refractivity (Wildman–Crippen MR) is 85.5 cm³/mol. The summed E-state index contributed by atoms with van der Waals surface area (Å²) in [5.74, 6) is 1.78. The largest absolute Gasteiger partial charge is 0.364 e. The van der Waals surface area contributed by atoms with Crippen molar-refractivity contribution in [1.82, 2.24) is 9.97 Å². The van der Waals surface area contributed by atoms with E-state index in [2.05, 4.69) is 29.1 Å². The van der Waals surface area contributed by atoms with Crippen LogP contribution in [-0.2, 0) is 0 Å². The van der Waals surface area contributed by atoms with Gasteiger partial charge in [-0.05, 0) is 73.8 Å². The molecule has 1 aromatic rings. The second-order valence-corrected chi connectivity index (χ2v) is 9.04. The highest BCUT2D eigenvalue weighted by Gasteiger charge is 2.60. The Labute approximate surface area is 131 Å². The summed E-state index contributed by atoms with van der Waals surface area (Å²) in [6, 6.07) is 2.02. The normalized spacial score (nSPS) is 44.1. The van der Waals surface area contributed by atoms with Gasteiger partial charge in [0.25, 0.3) is 0 Å². The number of aromatic nitrogens is 2. The average Bonchev–Trinajstić information content (AvgIpc) is 2.19. The molecule has 0 saturated heterocycles. The first-order chi connectivity index (χ1) is 9.77. The van der Waals surface area contributed by atoms with Crippen LogP contribution in [0.1, 0.15) is 58.1 Å². The summed E-state index contributed by atoms with van der Waals surface area (Å²) in [5.41, 5.74) is 2.16. The molecule has 1 aromatic heterocycles. The Kier molecular flexibility index (Phi) is 2.71. The first-order valence-electron chi connectivity index (χ1n) is 8.07. The van der Waals surface area contributed by atoms with Crippen LogP contribution in [0.25, 0.3) is 0 Å². The molecule has 0 spiro atoms. The molecule has 0 amide bonds. The molecule has 4 aliphatic rings. The van der Waals surface area contributed by atoms with E-state index in [1.807, 2.05) is 13.0 Å². The number of hydrogen-bond acceptors (Lipinski definition) is 3. The van der Waals surface area contributed by atoms with Gasteiger partial charge in [-0.15, -0.1) is 0 Å². The van der Waals surface area contributed by atoms with Crippen LogP contribution in [0.2, 0.25) is 5.28 Å². The van der Waals surface area contributed by atoms with E-state index in [4.69, 9.17) is 11.6 Å². The second kappa shape index (κ2) is 4.13. The van der Waals surface area contributed by atoms with E-state index in [1.165, 1.54) is 38.5 Å². The molecule has 21 heavy (non-hydrogen) atoms. The quantitative estimate of drug-likeness (QED) is 0.811. The van der Waals surface area contributed by atoms with E-state index in [9.17, 15) is 0 Å². The molecule has 4 bridgehead atoms. The standard InChI is InChI=1S/C17H24ClN3/c1-11-4-13(20-14(18)19-11)21-17-7-12-5-15(2,9-17)8-16(3,6-12)10-17/h4,12H,5-10H2,1-3H3,(H,19,20,21). The minimum Gasteiger partial charge on any atom is -0.364 e. The summed E-state index contributed by atoms with van der Waals surface area (Å²) < 4.78 is 0. The Bertz CT molecular complexity index is 561. The lowest BCUT2D eigenvalue weighted by atomic mass is 9.43. The van der Waals surface area contributed by atoms with Crippen LogP contribution in [0.5, 0.6) is 0 Å². The number of hydrogen-bond donors (Lipinski definition) is 1. The molecular formula is C17H24ClN3. The van der Waals surface area contributed by atoms with Crippen molar-refractivity contribution in [1.29, 1.82) is 0 Å². The third-order valence-electron chi connectivity index (χ3n) is 5.85. The minimum atomic E-state index is 0.215. The summed E-state index contributed by atoms with van der Waals surface area (Å²) >= 11 is 6.03. The highest BCUT2D eigenvalue weighted by Crippen LogP contribution is 2.66. The maximum absolute atomic E-state index is 6.03. The third-order valence-corrected chi connectivity index (χ3v) is 6.02. The second-order valence-electron chi connectivity index (χ2n) is 8.70. The number of anilines is 1. The van der Waals surface area contributed by atoms with Gasteiger partial charge in [0.2, 0.25) is 5.28 Å². The maximum Gasteiger partial charge on any atom is 0.224 e. The molecule has 0 radical (unpaired) electrons. The van der Waals surface area contributed by atoms with E-state index in [0.29, 0.717) is 16.1 Å². The number of halogens is 1. The molecule has 4 aliphatic carbocycles. The Morgan fingerprint density at radius 2 is 1.76 bits per heavy atom. The van der Waals surface area contributed by atoms with E-state index in [0.717, 1.165) is 17.4 Å². The lowest BCUT2D eigenvalue weighted by Gasteiger charge is -2.65. The monoisotopic (exact) mass is 305 g/mol. The molecule has 1 heterocycles. The van der Waals surface area contributed by atoms with Crippen LogP contribution in [-0.4, -0.2) is 15.5 Å². The predicted octanol–water partition coefficient (Wildman–Crippen LogP) is 4.60. The first-order valence-corrected chi connectivity index (χ1v) is 8.45. The summed E-state index contributed by atoms with van der Waals surface area (Å²) in [6.45, 7) is 6.95. The van der Waals surface area contributed by atoms with Crippen LogP contribution in [0.15, 0.2) is 6.07 Å². The zero-order chi connectivity index (χ0) is 14.9. The van der Waals surface area contributed by atoms with Gasteiger partial charge < -0.3 is 5.32 Å². The van der Waals surface area contributed by atoms with Gasteiger partial charge >= 0.3 is 0 Å². The SMILES string of the molecule is Cc1cc(NC23CC4CC(C)(CC(C)(C4)C2)C3)nc(Cl)n1. The number of aryl methyl sites for hydroxylation is 1. The van der Waals surface area contributed by atoms with Crippen molar-refractivity contribution >= 4 is 17.4 Å². The van der Waals surface area contributed by atoms with Gasteiger partial charge in [0.15, 0.2) is 0 Å². The van der Waals surface area contributed by atoms with Crippen molar-refractivity contribution in [2.24, 2.45) is 16.7 Å². The van der Waals surface area contributed by atoms with Crippen LogP contribution in [0.3, 0.4) is 0 Å². The molecule has 2 unspecified atom stereocenters. The van der Waals surface area contributed by atoms with Gasteiger partial charge in [0.1, 0.15) is 5.82 Å². The molecule has 5 rings (SSSR count). The Morgan fingerprint density at radius 3 is 2.33 bits per heavy atom. The van der Waals surface area contributed by atoms with Gasteiger partial charge in [0.05, 0.1) is 0 Å². The third kappa shape index (κ3) is 2.34. The van der Waals surface area contributed by atoms with Gasteiger partial charge in [-0.1, -0.05) is 13.8 Å². The van der Waals surface area contributed by atoms with Crippen LogP contribution >= 0.6 is 11.6 Å². The van der Waals surface area contributed by atoms with Gasteiger partial charge in [0, 0.05) is 17.3 Å². The van der Waals surface area contributed by atoms with Crippen LogP contribution in [0, 0.1) is 23.7 Å². The smallest absolute Gasteiger partial charge is 0.224 e. The summed E-state index contributed by atoms with van der Waals surface area (Å²) in [4.78, 5) is 8.57. The van der Waals surface area contributed by atoms with Gasteiger partial charge in [-0.2, -0.15) is 0 Å². The molecule has 3 nitrogen and oxygen atoms in total. The summed E-state index contributed by atoms with van der Waals surface area (Å²) in [6.07, 6.45) is 8.05. The molecule has 2 atom stereocenters. The lowest BCUT2D eigenvalue weighted by Crippen LogP contribution is -2.61. The maximum atomic E-state index is 6.03. The molecule has 0 aliphatic heterocycles. The van der Waals surface area contributed by atoms with Crippen molar-refractivity contribution in [3.05, 3.63) is 17.0 Å². The fraction of sp³-hybridized carbons (Fsp3) is 0.765. The molecule has 1 N–H and O–H groups in total. The Hall–Kier alpha value is -0.830. The van der Waals surface area contributed by atoms with E-state index in [1.54, 1.807) is 0 Å². The zero-order valence-electron chi connectivity index (χ0n) is 13.2. The van der Waals surface area contributed by atoms with Crippen molar-refractivity contribution in [2.45, 2.75) is 64.8 Å². The molecule has 4 fully saturated rings. The lowest BCUT2D eigenvalue weighted by molar-refractivity contribution is -0.0973. The van der Waals surface area contributed by atoms with Crippen molar-refractivity contribution in [2.75, 3.05) is 5.32 Å². The highest BCUT2D eigenvalue weighted by atomic mass is 35.5. The topological polar surface area (TPSA) is 37.8 Å². The van der Waals surface area contributed by atoms with E-state index < -0.39 is 0 Å². The fourth-order valence-corrected chi connectivity index (χ4v) is 6.68. The van der Waals surface area contributed by atoms with E-state index >= 15 is 0 Å². The average molecular weight is 306 g/mol. The Morgan fingerprint density at radius 1 is 1.10 bits per heavy atom. The zero-order valence-corrected chi connectivity index (χ0v) is 13.9. The fourth-order valence-electron chi connectivity index (χ4n) is 6.46. The highest BCUT2D eigenvalue weighted by molar-refractivity contribution is 6.28. The molecule has 0 aromatic carbocycles. The van der Waals surface area contributed by atoms with Gasteiger partial charge in [-0.25, -0.2) is 9.97 Å². The van der Waals surface area contributed by atoms with Crippen molar-refractivity contribution < 1.29 is 0 Å². The van der Waals surface area contributed by atoms with E-state index in [-0.39, 0.29) is 5.54 Å². The molecular weight excluding hydrogens is 282 g/mol. The van der Waals surface area contributed by atoms with Crippen molar-refractivity contribution in [3.63, 3.8) is 0 Å². The number of nitrogens with one attached hydrogen (secondary N) is 1. The van der Waals surface area contributed by atoms with Crippen LogP contribution in [0.4, 0.5) is 5.82 Å². The van der Waals surface area contributed by atoms with Crippen molar-refractivity contribution in [3.8, 4) is 0 Å².